The van der Waals surface area contributed by atoms with Gasteiger partial charge in [-0.05, 0) is 20.8 Å². The van der Waals surface area contributed by atoms with Crippen LogP contribution in [0.1, 0.15) is 20.8 Å². The quantitative estimate of drug-likeness (QED) is 0.485. The number of ether oxygens (including phenoxy) is 2. The van der Waals surface area contributed by atoms with Crippen LogP contribution in [-0.4, -0.2) is 48.9 Å². The molecule has 1 rings (SSSR count). The largest absolute Gasteiger partial charge is 0.442 e. The van der Waals surface area contributed by atoms with Crippen molar-refractivity contribution in [2.24, 2.45) is 10.7 Å². The molecule has 6 heteroatoms. The van der Waals surface area contributed by atoms with Crippen molar-refractivity contribution < 1.29 is 14.3 Å². The number of carbonyl (C=O) groups is 1. The van der Waals surface area contributed by atoms with Gasteiger partial charge < -0.3 is 20.1 Å². The van der Waals surface area contributed by atoms with E-state index in [4.69, 9.17) is 15.2 Å². The molecule has 1 saturated heterocycles. The lowest BCUT2D eigenvalue weighted by Gasteiger charge is -2.27. The van der Waals surface area contributed by atoms with E-state index in [9.17, 15) is 4.79 Å². The van der Waals surface area contributed by atoms with E-state index in [-0.39, 0.29) is 5.96 Å². The first-order valence-corrected chi connectivity index (χ1v) is 5.28. The van der Waals surface area contributed by atoms with Gasteiger partial charge in [0.05, 0.1) is 13.2 Å². The highest BCUT2D eigenvalue weighted by atomic mass is 16.6. The molecule has 92 valence electrons. The van der Waals surface area contributed by atoms with Gasteiger partial charge in [-0.25, -0.2) is 4.79 Å². The molecule has 0 unspecified atom stereocenters. The summed E-state index contributed by atoms with van der Waals surface area (Å²) in [4.78, 5) is 16.9. The Morgan fingerprint density at radius 3 is 2.44 bits per heavy atom. The van der Waals surface area contributed by atoms with Crippen molar-refractivity contribution in [3.05, 3.63) is 0 Å². The smallest absolute Gasteiger partial charge is 0.437 e. The van der Waals surface area contributed by atoms with E-state index in [0.29, 0.717) is 26.3 Å². The maximum atomic E-state index is 11.4. The van der Waals surface area contributed by atoms with E-state index >= 15 is 0 Å². The number of hydrogen-bond acceptors (Lipinski definition) is 3. The van der Waals surface area contributed by atoms with E-state index in [1.54, 1.807) is 25.7 Å². The molecule has 2 N–H and O–H groups in total. The number of guanidine groups is 1. The van der Waals surface area contributed by atoms with Crippen molar-refractivity contribution >= 4 is 12.1 Å². The van der Waals surface area contributed by atoms with Crippen LogP contribution >= 0.6 is 0 Å². The van der Waals surface area contributed by atoms with Crippen molar-refractivity contribution in [2.45, 2.75) is 26.4 Å². The van der Waals surface area contributed by atoms with Crippen molar-refractivity contribution in [1.29, 1.82) is 0 Å². The minimum atomic E-state index is -0.656. The Labute approximate surface area is 95.4 Å². The fraction of sp³-hybridized carbons (Fsp3) is 0.800. The monoisotopic (exact) mass is 229 g/mol. The summed E-state index contributed by atoms with van der Waals surface area (Å²) in [5, 5.41) is 0. The average Bonchev–Trinajstić information content (AvgIpc) is 2.16. The van der Waals surface area contributed by atoms with Gasteiger partial charge in [0.25, 0.3) is 0 Å². The molecule has 0 spiro atoms. The molecule has 1 fully saturated rings. The Morgan fingerprint density at radius 2 is 1.94 bits per heavy atom. The second kappa shape index (κ2) is 5.16. The summed E-state index contributed by atoms with van der Waals surface area (Å²) in [7, 11) is 0. The summed E-state index contributed by atoms with van der Waals surface area (Å²) in [6, 6.07) is 0. The van der Waals surface area contributed by atoms with Gasteiger partial charge in [-0.1, -0.05) is 0 Å². The van der Waals surface area contributed by atoms with Crippen molar-refractivity contribution in [1.82, 2.24) is 4.90 Å². The predicted octanol–water partition coefficient (Wildman–Crippen LogP) is 0.568. The fourth-order valence-electron chi connectivity index (χ4n) is 1.24. The van der Waals surface area contributed by atoms with Crippen LogP contribution in [0.3, 0.4) is 0 Å². The number of hydrogen-bond donors (Lipinski definition) is 1. The molecule has 0 aliphatic carbocycles. The van der Waals surface area contributed by atoms with Crippen LogP contribution in [0, 0.1) is 0 Å². The molecule has 1 aliphatic heterocycles. The second-order valence-corrected chi connectivity index (χ2v) is 4.55. The van der Waals surface area contributed by atoms with Crippen LogP contribution in [0.2, 0.25) is 0 Å². The minimum Gasteiger partial charge on any atom is -0.442 e. The maximum Gasteiger partial charge on any atom is 0.437 e. The van der Waals surface area contributed by atoms with Gasteiger partial charge in [-0.2, -0.15) is 0 Å². The van der Waals surface area contributed by atoms with Crippen molar-refractivity contribution in [3.63, 3.8) is 0 Å². The van der Waals surface area contributed by atoms with Crippen LogP contribution in [0.25, 0.3) is 0 Å². The third-order valence-electron chi connectivity index (χ3n) is 1.93. The minimum absolute atomic E-state index is 0.192. The van der Waals surface area contributed by atoms with Gasteiger partial charge in [0.15, 0.2) is 0 Å². The van der Waals surface area contributed by atoms with E-state index in [1.807, 2.05) is 0 Å². The summed E-state index contributed by atoms with van der Waals surface area (Å²) in [6.07, 6.45) is -0.656. The first kappa shape index (κ1) is 12.8. The highest BCUT2D eigenvalue weighted by Crippen LogP contribution is 2.08. The zero-order valence-corrected chi connectivity index (χ0v) is 10.0. The molecule has 1 aliphatic rings. The molecule has 0 bridgehead atoms. The molecule has 0 atom stereocenters. The lowest BCUT2D eigenvalue weighted by Crippen LogP contribution is -2.45. The van der Waals surface area contributed by atoms with Crippen LogP contribution in [-0.2, 0) is 9.47 Å². The third-order valence-corrected chi connectivity index (χ3v) is 1.93. The normalized spacial score (nSPS) is 18.4. The van der Waals surface area contributed by atoms with Crippen LogP contribution in [0.15, 0.2) is 4.99 Å². The molecule has 0 saturated carbocycles. The molecule has 1 heterocycles. The molecule has 6 nitrogen and oxygen atoms in total. The van der Waals surface area contributed by atoms with E-state index in [1.165, 1.54) is 0 Å². The Balaban J connectivity index is 2.51. The molecular weight excluding hydrogens is 210 g/mol. The molecule has 16 heavy (non-hydrogen) atoms. The summed E-state index contributed by atoms with van der Waals surface area (Å²) in [5.74, 6) is 0.192. The molecule has 0 radical (unpaired) electrons. The van der Waals surface area contributed by atoms with Gasteiger partial charge in [0.1, 0.15) is 5.60 Å². The number of carbonyl (C=O) groups excluding carboxylic acids is 1. The Morgan fingerprint density at radius 1 is 1.38 bits per heavy atom. The molecule has 0 aromatic heterocycles. The topological polar surface area (TPSA) is 77.1 Å². The zero-order valence-electron chi connectivity index (χ0n) is 10.0. The van der Waals surface area contributed by atoms with Crippen LogP contribution < -0.4 is 5.73 Å². The standard InChI is InChI=1S/C10H19N3O3/c1-10(2,3)16-9(14)12-8(11)13-4-6-15-7-5-13/h4-7H2,1-3H3,(H2,11,12,14). The first-order chi connectivity index (χ1) is 7.38. The Hall–Kier alpha value is -1.30. The maximum absolute atomic E-state index is 11.4. The predicted molar refractivity (Wildman–Crippen MR) is 60.2 cm³/mol. The number of amides is 1. The molecule has 1 amide bonds. The van der Waals surface area contributed by atoms with Gasteiger partial charge >= 0.3 is 6.09 Å². The first-order valence-electron chi connectivity index (χ1n) is 5.28. The Bertz CT molecular complexity index is 278. The molecule has 0 aromatic carbocycles. The summed E-state index contributed by atoms with van der Waals surface area (Å²) in [6.45, 7) is 7.85. The van der Waals surface area contributed by atoms with Gasteiger partial charge in [0.2, 0.25) is 5.96 Å². The molecular formula is C10H19N3O3. The average molecular weight is 229 g/mol. The number of rotatable bonds is 0. The van der Waals surface area contributed by atoms with Gasteiger partial charge in [0, 0.05) is 13.1 Å². The number of nitrogens with zero attached hydrogens (tertiary/aromatic N) is 2. The van der Waals surface area contributed by atoms with E-state index in [2.05, 4.69) is 4.99 Å². The van der Waals surface area contributed by atoms with Crippen molar-refractivity contribution in [2.75, 3.05) is 26.3 Å². The van der Waals surface area contributed by atoms with Crippen molar-refractivity contribution in [3.8, 4) is 0 Å². The van der Waals surface area contributed by atoms with Crippen LogP contribution in [0.4, 0.5) is 4.79 Å². The lowest BCUT2D eigenvalue weighted by molar-refractivity contribution is 0.0575. The summed E-state index contributed by atoms with van der Waals surface area (Å²) < 4.78 is 10.2. The fourth-order valence-corrected chi connectivity index (χ4v) is 1.24. The van der Waals surface area contributed by atoms with Crippen LogP contribution in [0.5, 0.6) is 0 Å². The number of nitrogens with two attached hydrogens (primary N) is 1. The van der Waals surface area contributed by atoms with E-state index in [0.717, 1.165) is 0 Å². The highest BCUT2D eigenvalue weighted by molar-refractivity contribution is 5.89. The van der Waals surface area contributed by atoms with Gasteiger partial charge in [-0.3, -0.25) is 0 Å². The summed E-state index contributed by atoms with van der Waals surface area (Å²) >= 11 is 0. The second-order valence-electron chi connectivity index (χ2n) is 4.55. The molecule has 0 aromatic rings. The SMILES string of the molecule is CC(C)(C)OC(=O)/N=C(\N)N1CCOCC1. The lowest BCUT2D eigenvalue weighted by atomic mass is 10.2. The van der Waals surface area contributed by atoms with Gasteiger partial charge in [-0.15, -0.1) is 4.99 Å². The zero-order chi connectivity index (χ0) is 12.2. The number of morpholine rings is 1. The highest BCUT2D eigenvalue weighted by Gasteiger charge is 2.18. The number of aliphatic imine (C=N–C) groups is 1. The third kappa shape index (κ3) is 4.48. The Kier molecular flexibility index (Phi) is 4.12. The van der Waals surface area contributed by atoms with E-state index < -0.39 is 11.7 Å². The summed E-state index contributed by atoms with van der Waals surface area (Å²) in [5.41, 5.74) is 5.14.